The molecule has 1 aliphatic carbocycles. The first-order valence-electron chi connectivity index (χ1n) is 9.09. The van der Waals surface area contributed by atoms with E-state index in [9.17, 15) is 14.4 Å². The Bertz CT molecular complexity index is 670. The molecule has 6 nitrogen and oxygen atoms in total. The molecule has 1 atom stereocenters. The zero-order valence-corrected chi connectivity index (χ0v) is 14.6. The summed E-state index contributed by atoms with van der Waals surface area (Å²) >= 11 is 0. The number of nitrogens with one attached hydrogen (secondary N) is 2. The molecule has 2 aliphatic rings. The van der Waals surface area contributed by atoms with Crippen LogP contribution >= 0.6 is 0 Å². The summed E-state index contributed by atoms with van der Waals surface area (Å²) in [4.78, 5) is 38.7. The normalized spacial score (nSPS) is 19.6. The van der Waals surface area contributed by atoms with Crippen LogP contribution in [0.1, 0.15) is 49.4 Å². The molecule has 1 aliphatic heterocycles. The Morgan fingerprint density at radius 3 is 2.68 bits per heavy atom. The van der Waals surface area contributed by atoms with Crippen LogP contribution in [0.3, 0.4) is 0 Å². The number of anilines is 1. The minimum Gasteiger partial charge on any atom is -0.354 e. The van der Waals surface area contributed by atoms with Crippen LogP contribution < -0.4 is 10.6 Å². The van der Waals surface area contributed by atoms with E-state index >= 15 is 0 Å². The lowest BCUT2D eigenvalue weighted by Gasteiger charge is -2.24. The van der Waals surface area contributed by atoms with Crippen molar-refractivity contribution >= 4 is 23.4 Å². The highest BCUT2D eigenvalue weighted by atomic mass is 16.2. The van der Waals surface area contributed by atoms with Crippen LogP contribution in [0, 0.1) is 5.92 Å². The summed E-state index contributed by atoms with van der Waals surface area (Å²) in [6.45, 7) is 3.21. The lowest BCUT2D eigenvalue weighted by atomic mass is 10.1. The second kappa shape index (κ2) is 7.68. The molecule has 25 heavy (non-hydrogen) atoms. The van der Waals surface area contributed by atoms with Crippen molar-refractivity contribution in [3.8, 4) is 0 Å². The number of amides is 3. The molecule has 0 radical (unpaired) electrons. The molecule has 1 unspecified atom stereocenters. The van der Waals surface area contributed by atoms with Gasteiger partial charge in [-0.1, -0.05) is 13.0 Å². The Balaban J connectivity index is 1.68. The van der Waals surface area contributed by atoms with Crippen molar-refractivity contribution in [2.24, 2.45) is 5.92 Å². The van der Waals surface area contributed by atoms with Crippen molar-refractivity contribution in [2.75, 3.05) is 18.4 Å². The summed E-state index contributed by atoms with van der Waals surface area (Å²) in [6.07, 6.45) is 4.27. The van der Waals surface area contributed by atoms with E-state index < -0.39 is 6.04 Å². The number of hydrogen-bond acceptors (Lipinski definition) is 3. The van der Waals surface area contributed by atoms with Crippen LogP contribution in [0.2, 0.25) is 0 Å². The highest BCUT2D eigenvalue weighted by molar-refractivity contribution is 6.00. The van der Waals surface area contributed by atoms with Crippen molar-refractivity contribution in [1.29, 1.82) is 0 Å². The molecule has 134 valence electrons. The second-order valence-electron chi connectivity index (χ2n) is 6.79. The molecule has 1 saturated carbocycles. The summed E-state index contributed by atoms with van der Waals surface area (Å²) in [5.41, 5.74) is 1.14. The van der Waals surface area contributed by atoms with E-state index in [2.05, 4.69) is 10.6 Å². The van der Waals surface area contributed by atoms with Gasteiger partial charge in [0.1, 0.15) is 6.04 Å². The minimum absolute atomic E-state index is 0.0163. The Morgan fingerprint density at radius 1 is 1.16 bits per heavy atom. The van der Waals surface area contributed by atoms with Crippen LogP contribution in [0.5, 0.6) is 0 Å². The summed E-state index contributed by atoms with van der Waals surface area (Å²) in [6, 6.07) is 6.57. The number of rotatable bonds is 6. The molecule has 3 amide bonds. The monoisotopic (exact) mass is 343 g/mol. The van der Waals surface area contributed by atoms with Crippen LogP contribution in [-0.4, -0.2) is 41.8 Å². The first-order chi connectivity index (χ1) is 12.1. The Hall–Kier alpha value is -2.37. The zero-order valence-electron chi connectivity index (χ0n) is 14.6. The molecule has 0 spiro atoms. The van der Waals surface area contributed by atoms with Crippen molar-refractivity contribution in [3.63, 3.8) is 0 Å². The quantitative estimate of drug-likeness (QED) is 0.831. The molecule has 1 heterocycles. The molecule has 1 aromatic carbocycles. The standard InChI is InChI=1S/C19H25N3O3/c1-2-10-20-18(24)16-7-4-11-22(16)19(25)14-5-3-6-15(12-14)21-17(23)13-8-9-13/h3,5-6,12-13,16H,2,4,7-11H2,1H3,(H,20,24)(H,21,23). The third kappa shape index (κ3) is 4.18. The molecule has 1 saturated heterocycles. The maximum atomic E-state index is 12.9. The number of benzene rings is 1. The summed E-state index contributed by atoms with van der Waals surface area (Å²) in [5.74, 6) is -0.102. The average Bonchev–Trinajstić information content (AvgIpc) is 3.36. The molecular weight excluding hydrogens is 318 g/mol. The van der Waals surface area contributed by atoms with Crippen LogP contribution in [0.25, 0.3) is 0 Å². The first kappa shape index (κ1) is 17.5. The second-order valence-corrected chi connectivity index (χ2v) is 6.79. The van der Waals surface area contributed by atoms with Gasteiger partial charge in [-0.15, -0.1) is 0 Å². The van der Waals surface area contributed by atoms with Gasteiger partial charge >= 0.3 is 0 Å². The lowest BCUT2D eigenvalue weighted by Crippen LogP contribution is -2.46. The van der Waals surface area contributed by atoms with Crippen molar-refractivity contribution in [2.45, 2.75) is 45.1 Å². The Labute approximate surface area is 148 Å². The van der Waals surface area contributed by atoms with E-state index in [1.165, 1.54) is 0 Å². The van der Waals surface area contributed by atoms with Gasteiger partial charge in [0.05, 0.1) is 0 Å². The highest BCUT2D eigenvalue weighted by Crippen LogP contribution is 2.30. The molecule has 2 fully saturated rings. The third-order valence-corrected chi connectivity index (χ3v) is 4.69. The molecule has 0 aromatic heterocycles. The fourth-order valence-corrected chi connectivity index (χ4v) is 3.13. The van der Waals surface area contributed by atoms with Crippen molar-refractivity contribution < 1.29 is 14.4 Å². The van der Waals surface area contributed by atoms with Gasteiger partial charge in [-0.3, -0.25) is 14.4 Å². The number of carbonyl (C=O) groups is 3. The average molecular weight is 343 g/mol. The number of carbonyl (C=O) groups excluding carboxylic acids is 3. The minimum atomic E-state index is -0.399. The van der Waals surface area contributed by atoms with Gasteiger partial charge in [0.2, 0.25) is 11.8 Å². The molecule has 2 N–H and O–H groups in total. The summed E-state index contributed by atoms with van der Waals surface area (Å²) in [5, 5.41) is 5.74. The largest absolute Gasteiger partial charge is 0.354 e. The van der Waals surface area contributed by atoms with E-state index in [1.807, 2.05) is 6.92 Å². The van der Waals surface area contributed by atoms with Gasteiger partial charge in [0.25, 0.3) is 5.91 Å². The molecule has 3 rings (SSSR count). The topological polar surface area (TPSA) is 78.5 Å². The number of nitrogens with zero attached hydrogens (tertiary/aromatic N) is 1. The molecular formula is C19H25N3O3. The van der Waals surface area contributed by atoms with Gasteiger partial charge in [0.15, 0.2) is 0 Å². The number of hydrogen-bond donors (Lipinski definition) is 2. The smallest absolute Gasteiger partial charge is 0.254 e. The SMILES string of the molecule is CCCNC(=O)C1CCCN1C(=O)c1cccc(NC(=O)C2CC2)c1. The molecule has 0 bridgehead atoms. The van der Waals surface area contributed by atoms with Crippen LogP contribution in [0.15, 0.2) is 24.3 Å². The first-order valence-corrected chi connectivity index (χ1v) is 9.09. The van der Waals surface area contributed by atoms with Gasteiger partial charge in [0, 0.05) is 30.3 Å². The van der Waals surface area contributed by atoms with Gasteiger partial charge < -0.3 is 15.5 Å². The lowest BCUT2D eigenvalue weighted by molar-refractivity contribution is -0.124. The third-order valence-electron chi connectivity index (χ3n) is 4.69. The van der Waals surface area contributed by atoms with Crippen LogP contribution in [0.4, 0.5) is 5.69 Å². The van der Waals surface area contributed by atoms with E-state index in [0.29, 0.717) is 30.8 Å². The maximum Gasteiger partial charge on any atom is 0.254 e. The maximum absolute atomic E-state index is 12.9. The van der Waals surface area contributed by atoms with E-state index in [1.54, 1.807) is 29.2 Å². The van der Waals surface area contributed by atoms with Gasteiger partial charge in [-0.05, 0) is 50.3 Å². The molecule has 6 heteroatoms. The zero-order chi connectivity index (χ0) is 17.8. The van der Waals surface area contributed by atoms with E-state index in [4.69, 9.17) is 0 Å². The fraction of sp³-hybridized carbons (Fsp3) is 0.526. The summed E-state index contributed by atoms with van der Waals surface area (Å²) in [7, 11) is 0. The van der Waals surface area contributed by atoms with Crippen molar-refractivity contribution in [3.05, 3.63) is 29.8 Å². The Kier molecular flexibility index (Phi) is 5.36. The van der Waals surface area contributed by atoms with Gasteiger partial charge in [-0.25, -0.2) is 0 Å². The fourth-order valence-electron chi connectivity index (χ4n) is 3.13. The van der Waals surface area contributed by atoms with Crippen LogP contribution in [-0.2, 0) is 9.59 Å². The van der Waals surface area contributed by atoms with Gasteiger partial charge in [-0.2, -0.15) is 0 Å². The predicted molar refractivity (Wildman–Crippen MR) is 95.2 cm³/mol. The number of likely N-dealkylation sites (tertiary alicyclic amines) is 1. The Morgan fingerprint density at radius 2 is 1.96 bits per heavy atom. The van der Waals surface area contributed by atoms with E-state index in [-0.39, 0.29) is 23.6 Å². The summed E-state index contributed by atoms with van der Waals surface area (Å²) < 4.78 is 0. The van der Waals surface area contributed by atoms with Crippen molar-refractivity contribution in [1.82, 2.24) is 10.2 Å². The predicted octanol–water partition coefficient (Wildman–Crippen LogP) is 2.17. The molecule has 1 aromatic rings. The highest BCUT2D eigenvalue weighted by Gasteiger charge is 2.34. The van der Waals surface area contributed by atoms with E-state index in [0.717, 1.165) is 25.7 Å².